The fraction of sp³-hybridized carbons (Fsp3) is 0.292. The number of aromatic nitrogens is 3. The van der Waals surface area contributed by atoms with Gasteiger partial charge in [0.25, 0.3) is 11.5 Å². The van der Waals surface area contributed by atoms with Gasteiger partial charge in [0, 0.05) is 38.1 Å². The molecule has 2 amide bonds. The topological polar surface area (TPSA) is 107 Å². The van der Waals surface area contributed by atoms with Gasteiger partial charge in [-0.1, -0.05) is 23.7 Å². The molecule has 1 aromatic heterocycles. The Morgan fingerprint density at radius 2 is 1.66 bits per heavy atom. The largest absolute Gasteiger partial charge is 0.497 e. The maximum absolute atomic E-state index is 13.4. The van der Waals surface area contributed by atoms with Crippen LogP contribution in [0.25, 0.3) is 5.69 Å². The van der Waals surface area contributed by atoms with Crippen LogP contribution in [0.2, 0.25) is 5.02 Å². The molecule has 0 N–H and O–H groups in total. The number of nitrogens with zero attached hydrogens (tertiary/aromatic N) is 5. The third-order valence-corrected chi connectivity index (χ3v) is 6.07. The molecule has 0 saturated carbocycles. The number of carbonyl (C=O) groups excluding carboxylic acids is 2. The monoisotopic (exact) mass is 497 g/mol. The summed E-state index contributed by atoms with van der Waals surface area (Å²) >= 11 is 5.98. The van der Waals surface area contributed by atoms with Crippen LogP contribution >= 0.6 is 11.6 Å². The zero-order valence-corrected chi connectivity index (χ0v) is 20.1. The minimum atomic E-state index is -0.790. The van der Waals surface area contributed by atoms with Crippen molar-refractivity contribution in [2.24, 2.45) is 0 Å². The average molecular weight is 498 g/mol. The highest BCUT2D eigenvalue weighted by atomic mass is 35.5. The number of carbonyl (C=O) groups is 2. The summed E-state index contributed by atoms with van der Waals surface area (Å²) in [5, 5.41) is 4.63. The van der Waals surface area contributed by atoms with E-state index in [1.807, 2.05) is 0 Å². The van der Waals surface area contributed by atoms with Crippen molar-refractivity contribution in [3.05, 3.63) is 85.6 Å². The molecule has 0 bridgehead atoms. The van der Waals surface area contributed by atoms with E-state index >= 15 is 0 Å². The van der Waals surface area contributed by atoms with E-state index in [-0.39, 0.29) is 31.2 Å². The fourth-order valence-electron chi connectivity index (χ4n) is 3.87. The average Bonchev–Trinajstić information content (AvgIpc) is 2.87. The Morgan fingerprint density at radius 3 is 2.29 bits per heavy atom. The fourth-order valence-corrected chi connectivity index (χ4v) is 3.99. The lowest BCUT2D eigenvalue weighted by atomic mass is 10.2. The van der Waals surface area contributed by atoms with Crippen LogP contribution in [0.5, 0.6) is 5.75 Å². The third-order valence-electron chi connectivity index (χ3n) is 5.82. The van der Waals surface area contributed by atoms with Crippen molar-refractivity contribution >= 4 is 23.4 Å². The van der Waals surface area contributed by atoms with Gasteiger partial charge in [-0.3, -0.25) is 19.0 Å². The summed E-state index contributed by atoms with van der Waals surface area (Å²) in [4.78, 5) is 54.8. The van der Waals surface area contributed by atoms with Gasteiger partial charge >= 0.3 is 5.69 Å². The van der Waals surface area contributed by atoms with Crippen molar-refractivity contribution < 1.29 is 14.3 Å². The van der Waals surface area contributed by atoms with Crippen LogP contribution in [-0.2, 0) is 11.3 Å². The first kappa shape index (κ1) is 24.2. The van der Waals surface area contributed by atoms with Crippen LogP contribution in [-0.4, -0.2) is 69.3 Å². The molecule has 1 aliphatic rings. The molecule has 3 aromatic rings. The van der Waals surface area contributed by atoms with E-state index in [1.165, 1.54) is 18.9 Å². The molecule has 10 nitrogen and oxygen atoms in total. The first-order chi connectivity index (χ1) is 16.8. The molecule has 1 fully saturated rings. The van der Waals surface area contributed by atoms with Crippen molar-refractivity contribution in [2.75, 3.05) is 33.3 Å². The van der Waals surface area contributed by atoms with Gasteiger partial charge in [0.1, 0.15) is 5.75 Å². The Hall–Kier alpha value is -3.92. The second-order valence-electron chi connectivity index (χ2n) is 8.06. The molecule has 182 valence electrons. The maximum atomic E-state index is 13.4. The first-order valence-electron chi connectivity index (χ1n) is 11.0. The van der Waals surface area contributed by atoms with E-state index in [0.29, 0.717) is 35.1 Å². The van der Waals surface area contributed by atoms with E-state index < -0.39 is 17.2 Å². The summed E-state index contributed by atoms with van der Waals surface area (Å²) < 4.78 is 7.25. The summed E-state index contributed by atoms with van der Waals surface area (Å²) in [6.45, 7) is 2.62. The van der Waals surface area contributed by atoms with Crippen molar-refractivity contribution in [3.8, 4) is 11.4 Å². The van der Waals surface area contributed by atoms with Gasteiger partial charge in [0.05, 0.1) is 19.3 Å². The molecular formula is C24H24ClN5O5. The van der Waals surface area contributed by atoms with Gasteiger partial charge < -0.3 is 14.5 Å². The number of ether oxygens (including phenoxy) is 1. The first-order valence-corrected chi connectivity index (χ1v) is 11.3. The molecule has 0 spiro atoms. The molecule has 2 heterocycles. The molecule has 0 aliphatic carbocycles. The Bertz CT molecular complexity index is 1370. The quantitative estimate of drug-likeness (QED) is 0.527. The number of benzene rings is 2. The van der Waals surface area contributed by atoms with Crippen LogP contribution in [0.3, 0.4) is 0 Å². The number of methoxy groups -OCH3 is 1. The van der Waals surface area contributed by atoms with Crippen LogP contribution in [0.15, 0.2) is 58.1 Å². The standard InChI is InChI=1S/C24H24ClN5O5/c1-16(31)27-10-12-28(13-11-27)22(32)21-23(33)29(15-17-4-3-5-20(14-17)35-2)24(34)30(26-21)19-8-6-18(25)7-9-19/h3-9,14H,10-13,15H2,1-2H3. The molecule has 11 heteroatoms. The van der Waals surface area contributed by atoms with Crippen molar-refractivity contribution in [3.63, 3.8) is 0 Å². The van der Waals surface area contributed by atoms with Crippen LogP contribution in [0.1, 0.15) is 23.0 Å². The van der Waals surface area contributed by atoms with E-state index in [1.54, 1.807) is 53.4 Å². The van der Waals surface area contributed by atoms with Gasteiger partial charge in [-0.25, -0.2) is 4.79 Å². The van der Waals surface area contributed by atoms with Gasteiger partial charge in [0.2, 0.25) is 11.6 Å². The van der Waals surface area contributed by atoms with E-state index in [4.69, 9.17) is 16.3 Å². The minimum Gasteiger partial charge on any atom is -0.497 e. The van der Waals surface area contributed by atoms with Gasteiger partial charge in [-0.2, -0.15) is 9.78 Å². The molecule has 1 aliphatic heterocycles. The van der Waals surface area contributed by atoms with Crippen molar-refractivity contribution in [1.82, 2.24) is 24.1 Å². The number of hydrogen-bond acceptors (Lipinski definition) is 6. The SMILES string of the molecule is COc1cccc(Cn2c(=O)c(C(=O)N3CCN(C(C)=O)CC3)nn(-c3ccc(Cl)cc3)c2=O)c1. The Morgan fingerprint density at radius 1 is 1.00 bits per heavy atom. The maximum Gasteiger partial charge on any atom is 0.352 e. The van der Waals surface area contributed by atoms with Gasteiger partial charge in [-0.15, -0.1) is 0 Å². The third kappa shape index (κ3) is 5.12. The highest BCUT2D eigenvalue weighted by molar-refractivity contribution is 6.30. The minimum absolute atomic E-state index is 0.0767. The Labute approximate surface area is 205 Å². The summed E-state index contributed by atoms with van der Waals surface area (Å²) in [6, 6.07) is 13.3. The van der Waals surface area contributed by atoms with Gasteiger partial charge in [0.15, 0.2) is 0 Å². The van der Waals surface area contributed by atoms with Crippen LogP contribution < -0.4 is 16.0 Å². The smallest absolute Gasteiger partial charge is 0.352 e. The second-order valence-corrected chi connectivity index (χ2v) is 8.50. The molecule has 2 aromatic carbocycles. The summed E-state index contributed by atoms with van der Waals surface area (Å²) in [6.07, 6.45) is 0. The highest BCUT2D eigenvalue weighted by Crippen LogP contribution is 2.14. The molecule has 0 radical (unpaired) electrons. The summed E-state index contributed by atoms with van der Waals surface area (Å²) in [5.41, 5.74) is -0.862. The summed E-state index contributed by atoms with van der Waals surface area (Å²) in [5.74, 6) is -0.102. The molecule has 0 atom stereocenters. The summed E-state index contributed by atoms with van der Waals surface area (Å²) in [7, 11) is 1.52. The molecule has 35 heavy (non-hydrogen) atoms. The zero-order chi connectivity index (χ0) is 25.1. The Kier molecular flexibility index (Phi) is 7.02. The number of halogens is 1. The van der Waals surface area contributed by atoms with E-state index in [9.17, 15) is 19.2 Å². The number of piperazine rings is 1. The molecule has 4 rings (SSSR count). The number of hydrogen-bond donors (Lipinski definition) is 0. The lowest BCUT2D eigenvalue weighted by molar-refractivity contribution is -0.130. The van der Waals surface area contributed by atoms with E-state index in [2.05, 4.69) is 5.10 Å². The molecular weight excluding hydrogens is 474 g/mol. The number of rotatable bonds is 5. The van der Waals surface area contributed by atoms with Crippen molar-refractivity contribution in [2.45, 2.75) is 13.5 Å². The number of amides is 2. The van der Waals surface area contributed by atoms with E-state index in [0.717, 1.165) is 9.25 Å². The second kappa shape index (κ2) is 10.1. The highest BCUT2D eigenvalue weighted by Gasteiger charge is 2.28. The normalized spacial score (nSPS) is 13.6. The predicted molar refractivity (Wildman–Crippen MR) is 129 cm³/mol. The lowest BCUT2D eigenvalue weighted by Gasteiger charge is -2.33. The Balaban J connectivity index is 1.79. The molecule has 0 unspecified atom stereocenters. The van der Waals surface area contributed by atoms with Crippen LogP contribution in [0.4, 0.5) is 0 Å². The molecule has 1 saturated heterocycles. The predicted octanol–water partition coefficient (Wildman–Crippen LogP) is 1.41. The lowest BCUT2D eigenvalue weighted by Crippen LogP contribution is -2.52. The zero-order valence-electron chi connectivity index (χ0n) is 19.3. The van der Waals surface area contributed by atoms with Gasteiger partial charge in [-0.05, 0) is 42.0 Å². The van der Waals surface area contributed by atoms with Crippen LogP contribution in [0, 0.1) is 0 Å². The van der Waals surface area contributed by atoms with Crippen molar-refractivity contribution in [1.29, 1.82) is 0 Å².